The molecule has 7 heteroatoms. The molecule has 0 aromatic heterocycles. The minimum Gasteiger partial charge on any atom is -0.491 e. The highest BCUT2D eigenvalue weighted by atomic mass is 32.2. The number of esters is 1. The number of carbonyl (C=O) groups is 3. The zero-order valence-corrected chi connectivity index (χ0v) is 18.8. The number of rotatable bonds is 7. The van der Waals surface area contributed by atoms with Crippen LogP contribution in [0.5, 0.6) is 5.75 Å². The molecule has 1 heterocycles. The lowest BCUT2D eigenvalue weighted by molar-refractivity contribution is -0.123. The van der Waals surface area contributed by atoms with Gasteiger partial charge in [0.25, 0.3) is 11.1 Å². The molecule has 0 aliphatic carbocycles. The number of hydrogen-bond donors (Lipinski definition) is 0. The van der Waals surface area contributed by atoms with Crippen LogP contribution in [0.15, 0.2) is 47.4 Å². The summed E-state index contributed by atoms with van der Waals surface area (Å²) < 4.78 is 10.6. The zero-order chi connectivity index (χ0) is 22.5. The van der Waals surface area contributed by atoms with Gasteiger partial charge in [-0.05, 0) is 65.6 Å². The van der Waals surface area contributed by atoms with Gasteiger partial charge in [-0.3, -0.25) is 14.5 Å². The normalized spacial score (nSPS) is 15.1. The van der Waals surface area contributed by atoms with Crippen molar-refractivity contribution in [2.45, 2.75) is 26.7 Å². The smallest absolute Gasteiger partial charge is 0.337 e. The molecule has 0 atom stereocenters. The Morgan fingerprint density at radius 1 is 1.13 bits per heavy atom. The number of imide groups is 1. The molecule has 1 aliphatic rings. The summed E-state index contributed by atoms with van der Waals surface area (Å²) in [6, 6.07) is 12.7. The van der Waals surface area contributed by atoms with Crippen LogP contribution in [0, 0.1) is 6.92 Å². The second kappa shape index (κ2) is 9.83. The van der Waals surface area contributed by atoms with E-state index in [4.69, 9.17) is 4.74 Å². The molecule has 31 heavy (non-hydrogen) atoms. The minimum absolute atomic E-state index is 0.175. The third-order valence-electron chi connectivity index (χ3n) is 4.87. The average molecular weight is 440 g/mol. The van der Waals surface area contributed by atoms with Gasteiger partial charge in [0.2, 0.25) is 0 Å². The lowest BCUT2D eigenvalue weighted by Crippen LogP contribution is -2.32. The Morgan fingerprint density at radius 3 is 2.48 bits per heavy atom. The topological polar surface area (TPSA) is 72.9 Å². The molecule has 0 radical (unpaired) electrons. The number of ether oxygens (including phenoxy) is 2. The number of benzene rings is 2. The van der Waals surface area contributed by atoms with Crippen molar-refractivity contribution < 1.29 is 23.9 Å². The summed E-state index contributed by atoms with van der Waals surface area (Å²) in [6.45, 7) is 6.58. The van der Waals surface area contributed by atoms with Gasteiger partial charge in [0.15, 0.2) is 0 Å². The van der Waals surface area contributed by atoms with Crippen LogP contribution in [0.4, 0.5) is 4.79 Å². The van der Waals surface area contributed by atoms with Crippen LogP contribution in [0.1, 0.15) is 46.8 Å². The first-order valence-corrected chi connectivity index (χ1v) is 10.8. The Bertz CT molecular complexity index is 1030. The van der Waals surface area contributed by atoms with Crippen molar-refractivity contribution in [2.75, 3.05) is 20.3 Å². The van der Waals surface area contributed by atoms with Crippen molar-refractivity contribution in [3.63, 3.8) is 0 Å². The third-order valence-corrected chi connectivity index (χ3v) is 5.77. The second-order valence-corrected chi connectivity index (χ2v) is 8.48. The van der Waals surface area contributed by atoms with Crippen LogP contribution in [0.3, 0.4) is 0 Å². The monoisotopic (exact) mass is 439 g/mol. The van der Waals surface area contributed by atoms with Gasteiger partial charge in [0.05, 0.1) is 24.1 Å². The molecule has 6 nitrogen and oxygen atoms in total. The Labute approximate surface area is 186 Å². The van der Waals surface area contributed by atoms with Crippen LogP contribution < -0.4 is 4.74 Å². The van der Waals surface area contributed by atoms with Crippen LogP contribution in [-0.2, 0) is 9.53 Å². The van der Waals surface area contributed by atoms with Crippen molar-refractivity contribution in [1.82, 2.24) is 4.90 Å². The fourth-order valence-electron chi connectivity index (χ4n) is 3.17. The van der Waals surface area contributed by atoms with Gasteiger partial charge in [-0.2, -0.15) is 0 Å². The first-order valence-electron chi connectivity index (χ1n) is 9.97. The van der Waals surface area contributed by atoms with E-state index in [9.17, 15) is 14.4 Å². The van der Waals surface area contributed by atoms with Gasteiger partial charge in [-0.25, -0.2) is 4.79 Å². The van der Waals surface area contributed by atoms with E-state index >= 15 is 0 Å². The molecule has 1 aliphatic heterocycles. The van der Waals surface area contributed by atoms with E-state index in [2.05, 4.69) is 18.6 Å². The molecular weight excluding hydrogens is 414 g/mol. The molecule has 162 valence electrons. The van der Waals surface area contributed by atoms with Crippen molar-refractivity contribution >= 4 is 35.0 Å². The third kappa shape index (κ3) is 5.35. The summed E-state index contributed by atoms with van der Waals surface area (Å²) in [5.74, 6) is 0.314. The van der Waals surface area contributed by atoms with Crippen molar-refractivity contribution in [1.29, 1.82) is 0 Å². The van der Waals surface area contributed by atoms with E-state index in [1.54, 1.807) is 30.3 Å². The fourth-order valence-corrected chi connectivity index (χ4v) is 4.03. The summed E-state index contributed by atoms with van der Waals surface area (Å²) in [4.78, 5) is 38.1. The Morgan fingerprint density at radius 2 is 1.84 bits per heavy atom. The molecule has 1 saturated heterocycles. The first kappa shape index (κ1) is 22.6. The van der Waals surface area contributed by atoms with Gasteiger partial charge in [-0.1, -0.05) is 38.1 Å². The van der Waals surface area contributed by atoms with Crippen molar-refractivity contribution in [3.8, 4) is 5.75 Å². The van der Waals surface area contributed by atoms with E-state index in [0.717, 1.165) is 34.2 Å². The number of carbonyl (C=O) groups excluding carboxylic acids is 3. The molecule has 3 rings (SSSR count). The number of nitrogens with zero attached hydrogens (tertiary/aromatic N) is 1. The largest absolute Gasteiger partial charge is 0.491 e. The Kier molecular flexibility index (Phi) is 7.17. The van der Waals surface area contributed by atoms with Crippen molar-refractivity contribution in [3.05, 3.63) is 69.6 Å². The quantitative estimate of drug-likeness (QED) is 0.446. The second-order valence-electron chi connectivity index (χ2n) is 7.49. The summed E-state index contributed by atoms with van der Waals surface area (Å²) >= 11 is 0.900. The number of aryl methyl sites for hydroxylation is 1. The summed E-state index contributed by atoms with van der Waals surface area (Å²) in [6.07, 6.45) is 1.64. The summed E-state index contributed by atoms with van der Waals surface area (Å²) in [7, 11) is 1.32. The van der Waals surface area contributed by atoms with Gasteiger partial charge < -0.3 is 9.47 Å². The maximum Gasteiger partial charge on any atom is 0.337 e. The van der Waals surface area contributed by atoms with E-state index in [1.807, 2.05) is 25.1 Å². The van der Waals surface area contributed by atoms with E-state index in [-0.39, 0.29) is 24.3 Å². The highest BCUT2D eigenvalue weighted by Gasteiger charge is 2.34. The number of hydrogen-bond acceptors (Lipinski definition) is 6. The molecule has 2 aromatic carbocycles. The highest BCUT2D eigenvalue weighted by Crippen LogP contribution is 2.32. The molecule has 0 unspecified atom stereocenters. The molecule has 0 saturated carbocycles. The van der Waals surface area contributed by atoms with Gasteiger partial charge in [0, 0.05) is 0 Å². The SMILES string of the molecule is COC(=O)c1ccc(/C=C2\SC(=O)N(CCOc3cc(C)ccc3C(C)C)C2=O)cc1. The number of thioether (sulfide) groups is 1. The minimum atomic E-state index is -0.430. The molecule has 0 bridgehead atoms. The van der Waals surface area contributed by atoms with Gasteiger partial charge in [-0.15, -0.1) is 0 Å². The maximum absolute atomic E-state index is 12.7. The maximum atomic E-state index is 12.7. The number of methoxy groups -OCH3 is 1. The molecule has 1 fully saturated rings. The van der Waals surface area contributed by atoms with Crippen LogP contribution in [-0.4, -0.2) is 42.3 Å². The molecule has 0 N–H and O–H groups in total. The number of amides is 2. The van der Waals surface area contributed by atoms with Crippen molar-refractivity contribution in [2.24, 2.45) is 0 Å². The highest BCUT2D eigenvalue weighted by molar-refractivity contribution is 8.18. The first-order chi connectivity index (χ1) is 14.8. The average Bonchev–Trinajstić information content (AvgIpc) is 3.01. The van der Waals surface area contributed by atoms with E-state index in [0.29, 0.717) is 16.4 Å². The van der Waals surface area contributed by atoms with E-state index < -0.39 is 5.97 Å². The molecular formula is C24H25NO5S. The van der Waals surface area contributed by atoms with Crippen LogP contribution >= 0.6 is 11.8 Å². The summed E-state index contributed by atoms with van der Waals surface area (Å²) in [5, 5.41) is -0.320. The summed E-state index contributed by atoms with van der Waals surface area (Å²) in [5.41, 5.74) is 3.32. The zero-order valence-electron chi connectivity index (χ0n) is 18.0. The standard InChI is InChI=1S/C24H25NO5S/c1-15(2)19-10-5-16(3)13-20(19)30-12-11-25-22(26)21(31-24(25)28)14-17-6-8-18(9-7-17)23(27)29-4/h5-10,13-15H,11-12H2,1-4H3/b21-14-. The van der Waals surface area contributed by atoms with Crippen LogP contribution in [0.25, 0.3) is 6.08 Å². The lowest BCUT2D eigenvalue weighted by Gasteiger charge is -2.17. The predicted molar refractivity (Wildman–Crippen MR) is 121 cm³/mol. The lowest BCUT2D eigenvalue weighted by atomic mass is 10.0. The van der Waals surface area contributed by atoms with Gasteiger partial charge in [0.1, 0.15) is 12.4 Å². The predicted octanol–water partition coefficient (Wildman–Crippen LogP) is 5.02. The molecule has 0 spiro atoms. The van der Waals surface area contributed by atoms with E-state index in [1.165, 1.54) is 12.0 Å². The Balaban J connectivity index is 1.65. The fraction of sp³-hybridized carbons (Fsp3) is 0.292. The van der Waals surface area contributed by atoms with Gasteiger partial charge >= 0.3 is 5.97 Å². The van der Waals surface area contributed by atoms with Crippen LogP contribution in [0.2, 0.25) is 0 Å². The Hall–Kier alpha value is -3.06. The molecule has 2 aromatic rings. The molecule has 2 amide bonds.